The maximum atomic E-state index is 6.00. The third-order valence-electron chi connectivity index (χ3n) is 0. The van der Waals surface area contributed by atoms with Crippen molar-refractivity contribution in [2.24, 2.45) is 0 Å². The van der Waals surface area contributed by atoms with E-state index in [1.165, 1.54) is 0 Å². The molecule has 4 heavy (non-hydrogen) atoms. The lowest BCUT2D eigenvalue weighted by Crippen LogP contribution is -1.29. The maximum absolute atomic E-state index is 6.00. The molecule has 2 nitrogen and oxygen atoms in total. The van der Waals surface area contributed by atoms with E-state index in [0.717, 1.165) is 0 Å². The molecule has 0 saturated carbocycles. The third kappa shape index (κ3) is 254. The zero-order chi connectivity index (χ0) is 2.00. The van der Waals surface area contributed by atoms with Crippen molar-refractivity contribution < 1.29 is 10.5 Å². The second-order valence-corrected chi connectivity index (χ2v) is 0. The molecule has 0 aliphatic heterocycles. The predicted molar refractivity (Wildman–Crippen MR) is 18.7 cm³/mol. The molecule has 0 atom stereocenters. The molecular weight excluding hydrogens is 56.0 g/mol. The van der Waals surface area contributed by atoms with E-state index >= 15 is 0 Å². The second kappa shape index (κ2) is 1680. The van der Waals surface area contributed by atoms with Crippen LogP contribution < -0.4 is 0 Å². The minimum absolute atomic E-state index is 0. The quantitative estimate of drug-likeness (QED) is 0.330. The van der Waals surface area contributed by atoms with Crippen LogP contribution in [0.15, 0.2) is 0 Å². The van der Waals surface area contributed by atoms with E-state index < -0.39 is 0 Å². The van der Waals surface area contributed by atoms with Crippen molar-refractivity contribution in [2.75, 3.05) is 0 Å². The Balaban J connectivity index is -0.00000000500. The third-order valence-corrected chi connectivity index (χ3v) is 0. The molecule has 0 heterocycles. The van der Waals surface area contributed by atoms with Crippen molar-refractivity contribution in [2.45, 2.75) is 14.9 Å². The van der Waals surface area contributed by atoms with Gasteiger partial charge in [0.25, 0.3) is 0 Å². The van der Waals surface area contributed by atoms with Crippen molar-refractivity contribution in [3.63, 3.8) is 0 Å². The maximum Gasteiger partial charge on any atom is -0.0776 e. The SMILES string of the molecule is C.C.OO. The lowest BCUT2D eigenvalue weighted by Gasteiger charge is -1.25. The molecule has 0 saturated heterocycles. The first-order valence-corrected chi connectivity index (χ1v) is 0.200. The van der Waals surface area contributed by atoms with Crippen LogP contribution in [0.25, 0.3) is 0 Å². The molecule has 2 N–H and O–H groups in total. The van der Waals surface area contributed by atoms with Crippen LogP contribution >= 0.6 is 0 Å². The summed E-state index contributed by atoms with van der Waals surface area (Å²) in [6.45, 7) is 0. The van der Waals surface area contributed by atoms with Crippen molar-refractivity contribution in [1.29, 1.82) is 0 Å². The molecular formula is C2H10O2. The van der Waals surface area contributed by atoms with Crippen molar-refractivity contribution in [3.8, 4) is 0 Å². The molecule has 30 valence electrons. The highest BCUT2D eigenvalue weighted by Gasteiger charge is 0.745. The molecule has 0 rings (SSSR count). The smallest absolute Gasteiger partial charge is 0.0776 e. The number of hydrogen-bond donors (Lipinski definition) is 2. The van der Waals surface area contributed by atoms with Crippen LogP contribution in [-0.4, -0.2) is 10.5 Å². The summed E-state index contributed by atoms with van der Waals surface area (Å²) in [4.78, 5) is 0. The van der Waals surface area contributed by atoms with Crippen molar-refractivity contribution in [3.05, 3.63) is 0 Å². The van der Waals surface area contributed by atoms with Gasteiger partial charge in [0.05, 0.1) is 0 Å². The van der Waals surface area contributed by atoms with Gasteiger partial charge in [-0.2, -0.15) is 0 Å². The summed E-state index contributed by atoms with van der Waals surface area (Å²) in [5, 5.41) is 12.0. The molecule has 0 spiro atoms. The minimum Gasteiger partial charge on any atom is -0.255 e. The Kier molecular flexibility index (Phi) is 16600. The fourth-order valence-electron chi connectivity index (χ4n) is 0. The topological polar surface area (TPSA) is 40.5 Å². The van der Waals surface area contributed by atoms with Crippen LogP contribution in [0, 0.1) is 0 Å². The fraction of sp³-hybridized carbons (Fsp3) is 1.00. The van der Waals surface area contributed by atoms with Gasteiger partial charge in [-0.05, 0) is 0 Å². The average Bonchev–Trinajstić information content (AvgIpc) is 1.00. The standard InChI is InChI=1S/2CH4.H2O2/c;;1-2/h2*1H4;1-2H. The Hall–Kier alpha value is -0.0800. The van der Waals surface area contributed by atoms with Gasteiger partial charge in [0.15, 0.2) is 0 Å². The summed E-state index contributed by atoms with van der Waals surface area (Å²) in [5.74, 6) is 0. The lowest BCUT2D eigenvalue weighted by atomic mass is 12.0. The summed E-state index contributed by atoms with van der Waals surface area (Å²) >= 11 is 0. The lowest BCUT2D eigenvalue weighted by molar-refractivity contribution is -0.176. The molecule has 0 amide bonds. The Labute approximate surface area is 26.6 Å². The number of hydrogen-bond acceptors (Lipinski definition) is 2. The van der Waals surface area contributed by atoms with Gasteiger partial charge in [-0.3, -0.25) is 10.5 Å². The molecule has 0 aliphatic rings. The molecule has 0 aromatic carbocycles. The highest BCUT2D eigenvalue weighted by Crippen LogP contribution is 0.711. The Bertz CT molecular complexity index is 4.00. The van der Waals surface area contributed by atoms with Gasteiger partial charge in [-0.15, -0.1) is 0 Å². The van der Waals surface area contributed by atoms with Gasteiger partial charge in [-0.25, -0.2) is 0 Å². The van der Waals surface area contributed by atoms with Gasteiger partial charge in [0.2, 0.25) is 0 Å². The molecule has 0 aromatic rings. The highest BCUT2D eigenvalue weighted by atomic mass is 17.0. The van der Waals surface area contributed by atoms with Crippen LogP contribution in [0.3, 0.4) is 0 Å². The van der Waals surface area contributed by atoms with Crippen molar-refractivity contribution in [1.82, 2.24) is 0 Å². The van der Waals surface area contributed by atoms with E-state index in [1.54, 1.807) is 0 Å². The Morgan fingerprint density at radius 3 is 0.750 bits per heavy atom. The van der Waals surface area contributed by atoms with Crippen LogP contribution in [0.5, 0.6) is 0 Å². The highest BCUT2D eigenvalue weighted by molar-refractivity contribution is 2.50. The predicted octanol–water partition coefficient (Wildman–Crippen LogP) is 1.29. The first-order valence-electron chi connectivity index (χ1n) is 0.200. The van der Waals surface area contributed by atoms with E-state index in [9.17, 15) is 0 Å². The summed E-state index contributed by atoms with van der Waals surface area (Å²) in [7, 11) is 0. The van der Waals surface area contributed by atoms with E-state index in [4.69, 9.17) is 10.5 Å². The molecule has 0 aromatic heterocycles. The summed E-state index contributed by atoms with van der Waals surface area (Å²) in [6, 6.07) is 0. The van der Waals surface area contributed by atoms with E-state index in [-0.39, 0.29) is 14.9 Å². The van der Waals surface area contributed by atoms with Gasteiger partial charge in [0.1, 0.15) is 0 Å². The normalized spacial score (nSPS) is 1.50. The van der Waals surface area contributed by atoms with Crippen LogP contribution in [-0.2, 0) is 0 Å². The number of rotatable bonds is 0. The minimum atomic E-state index is 0. The fourth-order valence-corrected chi connectivity index (χ4v) is 0. The molecule has 0 radical (unpaired) electrons. The van der Waals surface area contributed by atoms with Gasteiger partial charge < -0.3 is 0 Å². The zero-order valence-corrected chi connectivity index (χ0v) is 0.894. The monoisotopic (exact) mass is 66.1 g/mol. The zero-order valence-electron chi connectivity index (χ0n) is 0.894. The summed E-state index contributed by atoms with van der Waals surface area (Å²) < 4.78 is 0. The van der Waals surface area contributed by atoms with Gasteiger partial charge >= 0.3 is 0 Å². The van der Waals surface area contributed by atoms with Gasteiger partial charge in [0, 0.05) is 0 Å². The summed E-state index contributed by atoms with van der Waals surface area (Å²) in [5.41, 5.74) is 0. The molecule has 0 aliphatic carbocycles. The van der Waals surface area contributed by atoms with E-state index in [0.29, 0.717) is 0 Å². The Morgan fingerprint density at radius 2 is 0.750 bits per heavy atom. The average molecular weight is 66.1 g/mol. The van der Waals surface area contributed by atoms with Crippen LogP contribution in [0.4, 0.5) is 0 Å². The first-order chi connectivity index (χ1) is 1.00. The molecule has 2 heteroatoms. The van der Waals surface area contributed by atoms with E-state index in [1.807, 2.05) is 0 Å². The summed E-state index contributed by atoms with van der Waals surface area (Å²) in [6.07, 6.45) is 0. The van der Waals surface area contributed by atoms with Gasteiger partial charge in [-0.1, -0.05) is 14.9 Å². The van der Waals surface area contributed by atoms with Crippen molar-refractivity contribution >= 4 is 0 Å². The van der Waals surface area contributed by atoms with E-state index in [2.05, 4.69) is 0 Å². The Morgan fingerprint density at radius 1 is 0.750 bits per heavy atom. The molecule has 0 unspecified atom stereocenters. The molecule has 0 bridgehead atoms. The second-order valence-electron chi connectivity index (χ2n) is 0. The largest absolute Gasteiger partial charge is 0.255 e. The van der Waals surface area contributed by atoms with Crippen LogP contribution in [0.2, 0.25) is 0 Å². The molecule has 0 fully saturated rings. The van der Waals surface area contributed by atoms with Crippen LogP contribution in [0.1, 0.15) is 14.9 Å². The first kappa shape index (κ1) is 39.5.